The van der Waals surface area contributed by atoms with Gasteiger partial charge in [-0.1, -0.05) is 11.2 Å². The highest BCUT2D eigenvalue weighted by atomic mass is 32.2. The van der Waals surface area contributed by atoms with Crippen molar-refractivity contribution in [1.29, 1.82) is 0 Å². The Morgan fingerprint density at radius 3 is 2.29 bits per heavy atom. The Morgan fingerprint density at radius 1 is 1.03 bits per heavy atom. The quantitative estimate of drug-likeness (QED) is 0.361. The minimum Gasteiger partial charge on any atom is -0.495 e. The fourth-order valence-electron chi connectivity index (χ4n) is 3.50. The van der Waals surface area contributed by atoms with E-state index in [0.29, 0.717) is 28.2 Å². The highest BCUT2D eigenvalue weighted by Gasteiger charge is 2.27. The van der Waals surface area contributed by atoms with Crippen molar-refractivity contribution in [3.8, 4) is 17.2 Å². The first-order valence-corrected chi connectivity index (χ1v) is 11.8. The number of aromatic nitrogens is 3. The summed E-state index contributed by atoms with van der Waals surface area (Å²) in [5, 5.41) is 12.1. The van der Waals surface area contributed by atoms with Gasteiger partial charge in [-0.3, -0.25) is 9.40 Å². The Balaban J connectivity index is 1.72. The van der Waals surface area contributed by atoms with Gasteiger partial charge in [0.25, 0.3) is 10.0 Å². The van der Waals surface area contributed by atoms with Crippen LogP contribution in [0.25, 0.3) is 11.0 Å². The van der Waals surface area contributed by atoms with Gasteiger partial charge in [-0.2, -0.15) is 5.10 Å². The number of rotatable bonds is 9. The van der Waals surface area contributed by atoms with Crippen LogP contribution in [0.5, 0.6) is 17.2 Å². The first-order valence-electron chi connectivity index (χ1n) is 10.3. The maximum Gasteiger partial charge on any atom is 0.270 e. The van der Waals surface area contributed by atoms with Gasteiger partial charge in [-0.15, -0.1) is 0 Å². The van der Waals surface area contributed by atoms with E-state index in [9.17, 15) is 8.42 Å². The third-order valence-electron chi connectivity index (χ3n) is 5.20. The molecule has 0 bridgehead atoms. The number of methoxy groups -OCH3 is 3. The molecule has 2 aromatic carbocycles. The summed E-state index contributed by atoms with van der Waals surface area (Å²) in [6.45, 7) is 4.68. The number of nitrogens with zero attached hydrogens (tertiary/aromatic N) is 3. The van der Waals surface area contributed by atoms with Gasteiger partial charge >= 0.3 is 0 Å². The predicted octanol–water partition coefficient (Wildman–Crippen LogP) is 3.92. The summed E-state index contributed by atoms with van der Waals surface area (Å²) < 4.78 is 52.1. The number of aryl methyl sites for hydroxylation is 2. The lowest BCUT2D eigenvalue weighted by atomic mass is 10.2. The molecule has 0 fully saturated rings. The van der Waals surface area contributed by atoms with E-state index < -0.39 is 10.0 Å². The van der Waals surface area contributed by atoms with Crippen LogP contribution in [0, 0.1) is 6.92 Å². The molecular weight excluding hydrogens is 462 g/mol. The van der Waals surface area contributed by atoms with Gasteiger partial charge in [0.1, 0.15) is 17.2 Å². The molecule has 4 rings (SSSR count). The minimum atomic E-state index is -4.14. The van der Waals surface area contributed by atoms with Crippen molar-refractivity contribution in [2.45, 2.75) is 25.3 Å². The second-order valence-corrected chi connectivity index (χ2v) is 8.94. The van der Waals surface area contributed by atoms with Crippen LogP contribution in [-0.4, -0.2) is 44.7 Å². The predicted molar refractivity (Wildman–Crippen MR) is 127 cm³/mol. The number of nitrogens with one attached hydrogen (secondary N) is 2. The molecule has 0 radical (unpaired) electrons. The normalized spacial score (nSPS) is 11.4. The number of fused-ring (bicyclic) bond motifs is 1. The van der Waals surface area contributed by atoms with Crippen molar-refractivity contribution in [3.63, 3.8) is 0 Å². The molecule has 0 aliphatic rings. The molecule has 0 saturated heterocycles. The van der Waals surface area contributed by atoms with E-state index in [1.54, 1.807) is 18.2 Å². The van der Waals surface area contributed by atoms with Gasteiger partial charge in [0, 0.05) is 24.4 Å². The monoisotopic (exact) mass is 487 g/mol. The lowest BCUT2D eigenvalue weighted by Gasteiger charge is -2.14. The summed E-state index contributed by atoms with van der Waals surface area (Å²) in [5.74, 6) is 1.38. The van der Waals surface area contributed by atoms with E-state index in [1.165, 1.54) is 33.5 Å². The first kappa shape index (κ1) is 23.2. The van der Waals surface area contributed by atoms with Crippen LogP contribution >= 0.6 is 0 Å². The Bertz CT molecular complexity index is 1420. The molecule has 180 valence electrons. The molecule has 0 aliphatic heterocycles. The summed E-state index contributed by atoms with van der Waals surface area (Å²) >= 11 is 0. The van der Waals surface area contributed by atoms with Crippen molar-refractivity contribution in [1.82, 2.24) is 14.9 Å². The van der Waals surface area contributed by atoms with Gasteiger partial charge in [0.05, 0.1) is 32.4 Å². The number of benzene rings is 2. The molecule has 0 spiro atoms. The number of sulfonamides is 1. The molecule has 0 unspecified atom stereocenters. The average molecular weight is 488 g/mol. The van der Waals surface area contributed by atoms with Gasteiger partial charge < -0.3 is 24.1 Å². The first-order chi connectivity index (χ1) is 16.3. The fourth-order valence-corrected chi connectivity index (χ4v) is 4.84. The zero-order valence-corrected chi connectivity index (χ0v) is 20.2. The van der Waals surface area contributed by atoms with E-state index in [1.807, 2.05) is 24.7 Å². The summed E-state index contributed by atoms with van der Waals surface area (Å²) in [7, 11) is 0.137. The van der Waals surface area contributed by atoms with E-state index >= 15 is 0 Å². The number of hydrogen-bond acceptors (Lipinski definition) is 9. The molecule has 4 aromatic rings. The van der Waals surface area contributed by atoms with Gasteiger partial charge in [0.2, 0.25) is 0 Å². The molecule has 2 N–H and O–H groups in total. The zero-order valence-electron chi connectivity index (χ0n) is 19.4. The third-order valence-corrected chi connectivity index (χ3v) is 6.60. The Kier molecular flexibility index (Phi) is 6.24. The Morgan fingerprint density at radius 2 is 1.71 bits per heavy atom. The Labute approximate surface area is 196 Å². The van der Waals surface area contributed by atoms with Gasteiger partial charge in [-0.05, 0) is 32.0 Å². The fraction of sp³-hybridized carbons (Fsp3) is 0.273. The minimum absolute atomic E-state index is 0.000694. The van der Waals surface area contributed by atoms with Crippen molar-refractivity contribution in [3.05, 3.63) is 42.1 Å². The summed E-state index contributed by atoms with van der Waals surface area (Å²) in [6, 6.07) is 8.00. The van der Waals surface area contributed by atoms with E-state index in [2.05, 4.69) is 20.3 Å². The van der Waals surface area contributed by atoms with Crippen LogP contribution in [0.4, 0.5) is 17.3 Å². The second kappa shape index (κ2) is 9.14. The van der Waals surface area contributed by atoms with Crippen LogP contribution in [-0.2, 0) is 16.6 Å². The molecule has 0 saturated carbocycles. The highest BCUT2D eigenvalue weighted by molar-refractivity contribution is 7.93. The lowest BCUT2D eigenvalue weighted by Crippen LogP contribution is -2.15. The summed E-state index contributed by atoms with van der Waals surface area (Å²) in [6.07, 6.45) is 1.93. The van der Waals surface area contributed by atoms with Gasteiger partial charge in [-0.25, -0.2) is 8.42 Å². The van der Waals surface area contributed by atoms with Crippen molar-refractivity contribution < 1.29 is 27.2 Å². The maximum absolute atomic E-state index is 13.2. The molecule has 2 heterocycles. The summed E-state index contributed by atoms with van der Waals surface area (Å²) in [5.41, 5.74) is 1.90. The molecule has 2 aromatic heterocycles. The number of hydrogen-bond donors (Lipinski definition) is 2. The molecular formula is C22H25N5O6S. The van der Waals surface area contributed by atoms with Crippen LogP contribution in [0.3, 0.4) is 0 Å². The molecule has 0 amide bonds. The smallest absolute Gasteiger partial charge is 0.270 e. The maximum atomic E-state index is 13.2. The lowest BCUT2D eigenvalue weighted by molar-refractivity contribution is 0.373. The molecule has 0 aliphatic carbocycles. The zero-order chi connectivity index (χ0) is 24.5. The molecule has 11 nitrogen and oxygen atoms in total. The second-order valence-electron chi connectivity index (χ2n) is 7.32. The van der Waals surface area contributed by atoms with E-state index in [-0.39, 0.29) is 22.2 Å². The van der Waals surface area contributed by atoms with Crippen molar-refractivity contribution in [2.24, 2.45) is 0 Å². The van der Waals surface area contributed by atoms with E-state index in [0.717, 1.165) is 12.1 Å². The van der Waals surface area contributed by atoms with Gasteiger partial charge in [0.15, 0.2) is 22.1 Å². The van der Waals surface area contributed by atoms with E-state index in [4.69, 9.17) is 18.7 Å². The van der Waals surface area contributed by atoms with Crippen LogP contribution in [0.15, 0.2) is 45.9 Å². The summed E-state index contributed by atoms with van der Waals surface area (Å²) in [4.78, 5) is -0.150. The molecule has 12 heteroatoms. The third kappa shape index (κ3) is 4.19. The largest absolute Gasteiger partial charge is 0.495 e. The van der Waals surface area contributed by atoms with Crippen LogP contribution in [0.2, 0.25) is 0 Å². The topological polar surface area (TPSA) is 130 Å². The number of anilines is 3. The highest BCUT2D eigenvalue weighted by Crippen LogP contribution is 2.38. The molecule has 34 heavy (non-hydrogen) atoms. The van der Waals surface area contributed by atoms with Crippen LogP contribution < -0.4 is 24.2 Å². The van der Waals surface area contributed by atoms with Crippen molar-refractivity contribution >= 4 is 38.3 Å². The molecule has 0 atom stereocenters. The average Bonchev–Trinajstić information content (AvgIpc) is 3.39. The van der Waals surface area contributed by atoms with Crippen LogP contribution in [0.1, 0.15) is 12.5 Å². The van der Waals surface area contributed by atoms with Crippen molar-refractivity contribution in [2.75, 3.05) is 31.4 Å². The Hall–Kier alpha value is -3.93. The standard InChI is InChI=1S/C22H25N5O6S/c1-6-27-12-13(2)21(24-27)23-15-11-18-14(10-19(15)32-5)22(25-33-18)26-34(28,29)20-16(30-3)8-7-9-17(20)31-4/h7-12H,6H2,1-5H3,(H,23,24)(H,25,26). The SMILES string of the molecule is CCn1cc(C)c(Nc2cc3onc(NS(=O)(=O)c4c(OC)cccc4OC)c3cc2OC)n1. The number of ether oxygens (including phenoxy) is 3.